The minimum Gasteiger partial charge on any atom is -0.361 e. The van der Waals surface area contributed by atoms with Crippen molar-refractivity contribution >= 4 is 10.9 Å². The molecule has 3 N–H and O–H groups in total. The average Bonchev–Trinajstić information content (AvgIpc) is 3.07. The van der Waals surface area contributed by atoms with Gasteiger partial charge in [0.1, 0.15) is 0 Å². The van der Waals surface area contributed by atoms with Crippen molar-refractivity contribution in [2.24, 2.45) is 5.73 Å². The molecule has 0 unspecified atom stereocenters. The van der Waals surface area contributed by atoms with Crippen molar-refractivity contribution in [1.29, 1.82) is 0 Å². The fourth-order valence-corrected chi connectivity index (χ4v) is 2.36. The van der Waals surface area contributed by atoms with Gasteiger partial charge >= 0.3 is 0 Å². The number of nitrogens with zero attached hydrogens (tertiary/aromatic N) is 4. The van der Waals surface area contributed by atoms with Gasteiger partial charge in [0.2, 0.25) is 0 Å². The normalized spacial score (nSPS) is 11.3. The molecule has 0 radical (unpaired) electrons. The Bertz CT molecular complexity index is 711. The van der Waals surface area contributed by atoms with Gasteiger partial charge < -0.3 is 10.7 Å². The molecule has 6 heteroatoms. The topological polar surface area (TPSA) is 85.4 Å². The van der Waals surface area contributed by atoms with E-state index in [-0.39, 0.29) is 0 Å². The van der Waals surface area contributed by atoms with Gasteiger partial charge in [0.25, 0.3) is 0 Å². The lowest BCUT2D eigenvalue weighted by molar-refractivity contribution is 0.551. The molecule has 20 heavy (non-hydrogen) atoms. The number of aromatic amines is 1. The molecular formula is C14H18N6. The molecule has 0 amide bonds. The van der Waals surface area contributed by atoms with Gasteiger partial charge in [0.15, 0.2) is 5.82 Å². The predicted octanol–water partition coefficient (Wildman–Crippen LogP) is 1.27. The molecule has 6 nitrogen and oxygen atoms in total. The molecule has 1 aromatic carbocycles. The third-order valence-corrected chi connectivity index (χ3v) is 3.38. The summed E-state index contributed by atoms with van der Waals surface area (Å²) in [6.07, 6.45) is 3.61. The number of H-pyrrole nitrogens is 1. The number of nitrogens with two attached hydrogens (primary N) is 1. The van der Waals surface area contributed by atoms with E-state index in [2.05, 4.69) is 38.6 Å². The summed E-state index contributed by atoms with van der Waals surface area (Å²) in [4.78, 5) is 4.88. The Balaban J connectivity index is 1.89. The van der Waals surface area contributed by atoms with Gasteiger partial charge in [-0.25, -0.2) is 0 Å². The monoisotopic (exact) mass is 270 g/mol. The van der Waals surface area contributed by atoms with Gasteiger partial charge in [-0.3, -0.25) is 0 Å². The van der Waals surface area contributed by atoms with E-state index in [4.69, 9.17) is 5.73 Å². The molecule has 0 bridgehead atoms. The van der Waals surface area contributed by atoms with Crippen LogP contribution in [0.15, 0.2) is 24.4 Å². The third kappa shape index (κ3) is 2.42. The van der Waals surface area contributed by atoms with E-state index in [0.29, 0.717) is 13.0 Å². The Morgan fingerprint density at radius 1 is 1.35 bits per heavy atom. The Morgan fingerprint density at radius 2 is 2.25 bits per heavy atom. The van der Waals surface area contributed by atoms with Crippen LogP contribution in [0.1, 0.15) is 23.9 Å². The number of fused-ring (bicyclic) bond motifs is 1. The van der Waals surface area contributed by atoms with Crippen LogP contribution in [0.3, 0.4) is 0 Å². The molecule has 0 fully saturated rings. The Morgan fingerprint density at radius 3 is 3.00 bits per heavy atom. The van der Waals surface area contributed by atoms with E-state index in [1.165, 1.54) is 16.5 Å². The lowest BCUT2D eigenvalue weighted by atomic mass is 10.1. The lowest BCUT2D eigenvalue weighted by Crippen LogP contribution is -2.02. The minimum atomic E-state index is 0.656. The highest BCUT2D eigenvalue weighted by Crippen LogP contribution is 2.21. The second-order valence-corrected chi connectivity index (χ2v) is 4.80. The maximum atomic E-state index is 5.65. The Labute approximate surface area is 117 Å². The van der Waals surface area contributed by atoms with Crippen LogP contribution in [0.2, 0.25) is 0 Å². The maximum absolute atomic E-state index is 5.65. The van der Waals surface area contributed by atoms with Gasteiger partial charge in [-0.2, -0.15) is 4.80 Å². The highest BCUT2D eigenvalue weighted by molar-refractivity contribution is 5.84. The minimum absolute atomic E-state index is 0.656. The van der Waals surface area contributed by atoms with Crippen LogP contribution < -0.4 is 5.73 Å². The van der Waals surface area contributed by atoms with Crippen LogP contribution in [0.4, 0.5) is 0 Å². The average molecular weight is 270 g/mol. The first-order chi connectivity index (χ1) is 9.80. The van der Waals surface area contributed by atoms with Crippen LogP contribution in [0.5, 0.6) is 0 Å². The largest absolute Gasteiger partial charge is 0.361 e. The summed E-state index contributed by atoms with van der Waals surface area (Å²) in [5, 5.41) is 13.6. The van der Waals surface area contributed by atoms with Crippen LogP contribution in [-0.2, 0) is 19.4 Å². The molecule has 3 rings (SSSR count). The molecule has 104 valence electrons. The fourth-order valence-electron chi connectivity index (χ4n) is 2.36. The maximum Gasteiger partial charge on any atom is 0.179 e. The number of hydrogen-bond donors (Lipinski definition) is 2. The van der Waals surface area contributed by atoms with Crippen LogP contribution in [0.25, 0.3) is 10.9 Å². The van der Waals surface area contributed by atoms with Gasteiger partial charge in [-0.1, -0.05) is 6.07 Å². The molecule has 0 spiro atoms. The molecule has 3 aromatic rings. The molecule has 0 saturated carbocycles. The summed E-state index contributed by atoms with van der Waals surface area (Å²) >= 11 is 0. The van der Waals surface area contributed by atoms with Crippen molar-refractivity contribution in [3.05, 3.63) is 41.3 Å². The summed E-state index contributed by atoms with van der Waals surface area (Å²) in [6.45, 7) is 3.39. The third-order valence-electron chi connectivity index (χ3n) is 3.38. The first-order valence-corrected chi connectivity index (χ1v) is 6.85. The smallest absolute Gasteiger partial charge is 0.179 e. The number of hydrogen-bond acceptors (Lipinski definition) is 4. The Kier molecular flexibility index (Phi) is 3.47. The number of aromatic nitrogens is 5. The summed E-state index contributed by atoms with van der Waals surface area (Å²) in [5.41, 5.74) is 9.23. The number of tetrazole rings is 1. The molecule has 0 atom stereocenters. The van der Waals surface area contributed by atoms with Crippen molar-refractivity contribution in [2.45, 2.75) is 26.3 Å². The molecule has 0 saturated heterocycles. The number of benzene rings is 1. The van der Waals surface area contributed by atoms with Crippen LogP contribution >= 0.6 is 0 Å². The molecule has 2 heterocycles. The van der Waals surface area contributed by atoms with Crippen molar-refractivity contribution in [3.63, 3.8) is 0 Å². The van der Waals surface area contributed by atoms with E-state index in [9.17, 15) is 0 Å². The summed E-state index contributed by atoms with van der Waals surface area (Å²) in [6, 6.07) is 6.37. The zero-order valence-corrected chi connectivity index (χ0v) is 11.5. The Hall–Kier alpha value is -2.21. The van der Waals surface area contributed by atoms with Gasteiger partial charge in [-0.15, -0.1) is 10.2 Å². The molecule has 0 aliphatic heterocycles. The van der Waals surface area contributed by atoms with Gasteiger partial charge in [0.05, 0.1) is 6.54 Å². The second kappa shape index (κ2) is 5.42. The first kappa shape index (κ1) is 12.8. The van der Waals surface area contributed by atoms with E-state index < -0.39 is 0 Å². The molecule has 2 aromatic heterocycles. The lowest BCUT2D eigenvalue weighted by Gasteiger charge is -2.00. The van der Waals surface area contributed by atoms with Crippen LogP contribution in [-0.4, -0.2) is 31.7 Å². The number of aryl methyl sites for hydroxylation is 1. The van der Waals surface area contributed by atoms with Crippen molar-refractivity contribution < 1.29 is 0 Å². The fraction of sp³-hybridized carbons (Fsp3) is 0.357. The quantitative estimate of drug-likeness (QED) is 0.731. The van der Waals surface area contributed by atoms with Gasteiger partial charge in [-0.05, 0) is 48.4 Å². The zero-order chi connectivity index (χ0) is 13.9. The SMILES string of the molecule is CCn1nnc(Cc2ccc3[nH]cc(CCN)c3c2)n1. The standard InChI is InChI=1S/C14H18N6/c1-2-20-18-14(17-19-20)8-10-3-4-13-12(7-10)11(5-6-15)9-16-13/h3-4,7,9,16H,2,5-6,8,15H2,1H3. The molecular weight excluding hydrogens is 252 g/mol. The summed E-state index contributed by atoms with van der Waals surface area (Å²) in [5.74, 6) is 0.752. The highest BCUT2D eigenvalue weighted by Gasteiger charge is 2.07. The number of rotatable bonds is 5. The predicted molar refractivity (Wildman–Crippen MR) is 77.4 cm³/mol. The van der Waals surface area contributed by atoms with E-state index in [0.717, 1.165) is 24.3 Å². The highest BCUT2D eigenvalue weighted by atomic mass is 15.6. The van der Waals surface area contributed by atoms with Crippen LogP contribution in [0, 0.1) is 0 Å². The molecule has 0 aliphatic rings. The van der Waals surface area contributed by atoms with E-state index >= 15 is 0 Å². The zero-order valence-electron chi connectivity index (χ0n) is 11.5. The second-order valence-electron chi connectivity index (χ2n) is 4.80. The first-order valence-electron chi connectivity index (χ1n) is 6.85. The van der Waals surface area contributed by atoms with Gasteiger partial charge in [0, 0.05) is 23.5 Å². The summed E-state index contributed by atoms with van der Waals surface area (Å²) < 4.78 is 0. The van der Waals surface area contributed by atoms with Crippen molar-refractivity contribution in [1.82, 2.24) is 25.2 Å². The summed E-state index contributed by atoms with van der Waals surface area (Å²) in [7, 11) is 0. The van der Waals surface area contributed by atoms with E-state index in [1.54, 1.807) is 4.80 Å². The number of nitrogens with one attached hydrogen (secondary N) is 1. The van der Waals surface area contributed by atoms with Crippen molar-refractivity contribution in [3.8, 4) is 0 Å². The van der Waals surface area contributed by atoms with Crippen molar-refractivity contribution in [2.75, 3.05) is 6.54 Å². The van der Waals surface area contributed by atoms with E-state index in [1.807, 2.05) is 13.1 Å². The molecule has 0 aliphatic carbocycles.